The first-order valence-corrected chi connectivity index (χ1v) is 8.29. The molecule has 0 saturated heterocycles. The molecule has 0 fully saturated rings. The predicted molar refractivity (Wildman–Crippen MR) is 93.3 cm³/mol. The molecule has 1 aliphatic rings. The lowest BCUT2D eigenvalue weighted by Gasteiger charge is -2.33. The van der Waals surface area contributed by atoms with Crippen molar-refractivity contribution in [2.24, 2.45) is 11.8 Å². The Balaban J connectivity index is 2.24. The van der Waals surface area contributed by atoms with E-state index in [2.05, 4.69) is 0 Å². The van der Waals surface area contributed by atoms with E-state index in [4.69, 9.17) is 9.47 Å². The Bertz CT molecular complexity index is 622. The van der Waals surface area contributed by atoms with Crippen LogP contribution in [0.15, 0.2) is 30.3 Å². The lowest BCUT2D eigenvalue weighted by molar-refractivity contribution is -0.155. The molecule has 1 aliphatic heterocycles. The molecule has 1 aromatic carbocycles. The van der Waals surface area contributed by atoms with Gasteiger partial charge in [-0.05, 0) is 29.5 Å². The van der Waals surface area contributed by atoms with Gasteiger partial charge in [-0.2, -0.15) is 0 Å². The van der Waals surface area contributed by atoms with Crippen LogP contribution in [0, 0.1) is 11.8 Å². The number of benzene rings is 1. The lowest BCUT2D eigenvalue weighted by Crippen LogP contribution is -2.47. The van der Waals surface area contributed by atoms with Crippen LogP contribution in [0.1, 0.15) is 33.3 Å². The molecule has 1 unspecified atom stereocenters. The molecule has 24 heavy (non-hydrogen) atoms. The molecule has 0 radical (unpaired) electrons. The molecule has 1 amide bonds. The molecule has 0 aliphatic carbocycles. The molecule has 0 bridgehead atoms. The summed E-state index contributed by atoms with van der Waals surface area (Å²) in [6.07, 6.45) is 3.09. The predicted octanol–water partition coefficient (Wildman–Crippen LogP) is 3.24. The zero-order valence-corrected chi connectivity index (χ0v) is 14.7. The SMILES string of the molecule is CC(C)COC(=O)C(=O)N1c2ccccc2C=CC1OCC(C)C. The highest BCUT2D eigenvalue weighted by Crippen LogP contribution is 2.29. The molecular formula is C19H25NO4. The van der Waals surface area contributed by atoms with E-state index in [0.717, 1.165) is 5.56 Å². The maximum atomic E-state index is 12.7. The van der Waals surface area contributed by atoms with Crippen molar-refractivity contribution in [1.82, 2.24) is 0 Å². The first kappa shape index (κ1) is 18.2. The van der Waals surface area contributed by atoms with Crippen LogP contribution in [0.4, 0.5) is 5.69 Å². The van der Waals surface area contributed by atoms with Crippen LogP contribution in [0.5, 0.6) is 0 Å². The normalized spacial score (nSPS) is 16.4. The summed E-state index contributed by atoms with van der Waals surface area (Å²) in [5.41, 5.74) is 1.52. The van der Waals surface area contributed by atoms with Gasteiger partial charge in [0.05, 0.1) is 18.9 Å². The van der Waals surface area contributed by atoms with Gasteiger partial charge in [-0.15, -0.1) is 0 Å². The fraction of sp³-hybridized carbons (Fsp3) is 0.474. The Morgan fingerprint density at radius 3 is 2.42 bits per heavy atom. The monoisotopic (exact) mass is 331 g/mol. The van der Waals surface area contributed by atoms with E-state index < -0.39 is 18.1 Å². The van der Waals surface area contributed by atoms with Crippen molar-refractivity contribution in [1.29, 1.82) is 0 Å². The maximum Gasteiger partial charge on any atom is 0.397 e. The highest BCUT2D eigenvalue weighted by Gasteiger charge is 2.33. The summed E-state index contributed by atoms with van der Waals surface area (Å²) in [5.74, 6) is -1.07. The summed E-state index contributed by atoms with van der Waals surface area (Å²) < 4.78 is 10.9. The molecule has 1 atom stereocenters. The number of hydrogen-bond acceptors (Lipinski definition) is 4. The van der Waals surface area contributed by atoms with Crippen LogP contribution in [-0.4, -0.2) is 31.3 Å². The van der Waals surface area contributed by atoms with Gasteiger partial charge >= 0.3 is 11.9 Å². The van der Waals surface area contributed by atoms with Gasteiger partial charge in [-0.25, -0.2) is 4.79 Å². The third-order valence-corrected chi connectivity index (χ3v) is 3.43. The number of fused-ring (bicyclic) bond motifs is 1. The Kier molecular flexibility index (Phi) is 6.15. The third-order valence-electron chi connectivity index (χ3n) is 3.43. The molecule has 5 nitrogen and oxygen atoms in total. The molecule has 1 heterocycles. The molecule has 0 N–H and O–H groups in total. The molecule has 130 valence electrons. The van der Waals surface area contributed by atoms with Crippen LogP contribution in [0.2, 0.25) is 0 Å². The highest BCUT2D eigenvalue weighted by atomic mass is 16.5. The molecular weight excluding hydrogens is 306 g/mol. The fourth-order valence-corrected chi connectivity index (χ4v) is 2.31. The third kappa shape index (κ3) is 4.45. The van der Waals surface area contributed by atoms with E-state index in [-0.39, 0.29) is 12.5 Å². The van der Waals surface area contributed by atoms with Crippen LogP contribution in [0.3, 0.4) is 0 Å². The van der Waals surface area contributed by atoms with E-state index >= 15 is 0 Å². The minimum atomic E-state index is -0.855. The number of nitrogens with zero attached hydrogens (tertiary/aromatic N) is 1. The Morgan fingerprint density at radius 2 is 1.75 bits per heavy atom. The topological polar surface area (TPSA) is 55.8 Å². The van der Waals surface area contributed by atoms with Gasteiger partial charge < -0.3 is 9.47 Å². The highest BCUT2D eigenvalue weighted by molar-refractivity contribution is 6.38. The van der Waals surface area contributed by atoms with E-state index in [1.807, 2.05) is 52.0 Å². The first-order chi connectivity index (χ1) is 11.4. The zero-order valence-electron chi connectivity index (χ0n) is 14.7. The number of rotatable bonds is 5. The standard InChI is InChI=1S/C19H25NO4/c1-13(2)11-23-17-10-9-15-7-5-6-8-16(15)20(17)18(21)19(22)24-12-14(3)4/h5-10,13-14,17H,11-12H2,1-4H3. The number of anilines is 1. The minimum absolute atomic E-state index is 0.170. The largest absolute Gasteiger partial charge is 0.458 e. The number of ether oxygens (including phenoxy) is 2. The molecule has 0 spiro atoms. The quantitative estimate of drug-likeness (QED) is 0.614. The zero-order chi connectivity index (χ0) is 17.7. The van der Waals surface area contributed by atoms with Gasteiger partial charge in [-0.3, -0.25) is 9.69 Å². The summed E-state index contributed by atoms with van der Waals surface area (Å²) >= 11 is 0. The average Bonchev–Trinajstić information content (AvgIpc) is 2.56. The Labute approximate surface area is 143 Å². The van der Waals surface area contributed by atoms with Crippen molar-refractivity contribution in [3.05, 3.63) is 35.9 Å². The minimum Gasteiger partial charge on any atom is -0.458 e. The van der Waals surface area contributed by atoms with Crippen molar-refractivity contribution in [2.75, 3.05) is 18.1 Å². The number of carbonyl (C=O) groups excluding carboxylic acids is 2. The van der Waals surface area contributed by atoms with Crippen molar-refractivity contribution >= 4 is 23.6 Å². The summed E-state index contributed by atoms with van der Waals surface area (Å²) in [6.45, 7) is 8.61. The van der Waals surface area contributed by atoms with Gasteiger partial charge in [0.15, 0.2) is 6.23 Å². The number of hydrogen-bond donors (Lipinski definition) is 0. The first-order valence-electron chi connectivity index (χ1n) is 8.29. The fourth-order valence-electron chi connectivity index (χ4n) is 2.31. The van der Waals surface area contributed by atoms with Gasteiger partial charge in [0, 0.05) is 0 Å². The van der Waals surface area contributed by atoms with Gasteiger partial charge in [0.2, 0.25) is 0 Å². The van der Waals surface area contributed by atoms with Crippen molar-refractivity contribution in [2.45, 2.75) is 33.9 Å². The number of amides is 1. The summed E-state index contributed by atoms with van der Waals surface area (Å²) in [4.78, 5) is 26.2. The van der Waals surface area contributed by atoms with Crippen LogP contribution >= 0.6 is 0 Å². The maximum absolute atomic E-state index is 12.7. The Hall–Kier alpha value is -2.14. The van der Waals surface area contributed by atoms with E-state index in [1.54, 1.807) is 12.1 Å². The summed E-state index contributed by atoms with van der Waals surface area (Å²) in [7, 11) is 0. The van der Waals surface area contributed by atoms with E-state index in [1.165, 1.54) is 4.90 Å². The molecule has 0 aromatic heterocycles. The second-order valence-electron chi connectivity index (χ2n) is 6.70. The molecule has 1 aromatic rings. The van der Waals surface area contributed by atoms with Crippen LogP contribution in [-0.2, 0) is 19.1 Å². The summed E-state index contributed by atoms with van der Waals surface area (Å²) in [6, 6.07) is 7.41. The second-order valence-corrected chi connectivity index (χ2v) is 6.70. The van der Waals surface area contributed by atoms with Crippen molar-refractivity contribution in [3.63, 3.8) is 0 Å². The van der Waals surface area contributed by atoms with E-state index in [9.17, 15) is 9.59 Å². The van der Waals surface area contributed by atoms with Gasteiger partial charge in [0.1, 0.15) is 0 Å². The van der Waals surface area contributed by atoms with E-state index in [0.29, 0.717) is 18.2 Å². The van der Waals surface area contributed by atoms with Gasteiger partial charge in [0.25, 0.3) is 0 Å². The summed E-state index contributed by atoms with van der Waals surface area (Å²) in [5, 5.41) is 0. The molecule has 0 saturated carbocycles. The van der Waals surface area contributed by atoms with Crippen molar-refractivity contribution < 1.29 is 19.1 Å². The van der Waals surface area contributed by atoms with Crippen LogP contribution in [0.25, 0.3) is 6.08 Å². The lowest BCUT2D eigenvalue weighted by atomic mass is 10.1. The van der Waals surface area contributed by atoms with Gasteiger partial charge in [-0.1, -0.05) is 52.0 Å². The second kappa shape index (κ2) is 8.11. The molecule has 2 rings (SSSR count). The number of carbonyl (C=O) groups is 2. The number of esters is 1. The smallest absolute Gasteiger partial charge is 0.397 e. The van der Waals surface area contributed by atoms with Crippen molar-refractivity contribution in [3.8, 4) is 0 Å². The molecule has 5 heteroatoms. The van der Waals surface area contributed by atoms with Crippen LogP contribution < -0.4 is 4.90 Å². The Morgan fingerprint density at radius 1 is 1.08 bits per heavy atom. The average molecular weight is 331 g/mol. The number of para-hydroxylation sites is 1.